The predicted molar refractivity (Wildman–Crippen MR) is 154 cm³/mol. The highest BCUT2D eigenvalue weighted by molar-refractivity contribution is 5.99. The second-order valence-electron chi connectivity index (χ2n) is 10.4. The first-order chi connectivity index (χ1) is 20.6. The van der Waals surface area contributed by atoms with Crippen LogP contribution in [0.2, 0.25) is 0 Å². The number of carbonyl (C=O) groups is 6. The largest absolute Gasteiger partial charge is 0.481 e. The number of hydrogen-bond acceptors (Lipinski definition) is 9. The van der Waals surface area contributed by atoms with E-state index in [9.17, 15) is 39.0 Å². The third-order valence-corrected chi connectivity index (χ3v) is 7.15. The Morgan fingerprint density at radius 3 is 2.05 bits per heavy atom. The molecule has 2 rings (SSSR count). The van der Waals surface area contributed by atoms with Gasteiger partial charge in [0, 0.05) is 25.4 Å². The normalized spacial score (nSPS) is 16.5. The minimum Gasteiger partial charge on any atom is -0.481 e. The van der Waals surface area contributed by atoms with Crippen molar-refractivity contribution in [1.82, 2.24) is 25.8 Å². The van der Waals surface area contributed by atoms with Crippen LogP contribution in [0.3, 0.4) is 0 Å². The van der Waals surface area contributed by atoms with Gasteiger partial charge in [-0.15, -0.1) is 0 Å². The molecule has 1 aliphatic rings. The van der Waals surface area contributed by atoms with Crippen LogP contribution in [0.1, 0.15) is 74.6 Å². The summed E-state index contributed by atoms with van der Waals surface area (Å²) in [7, 11) is 0. The molecule has 0 aliphatic carbocycles. The number of carboxylic acids is 2. The van der Waals surface area contributed by atoms with Crippen LogP contribution in [0.15, 0.2) is 24.5 Å². The van der Waals surface area contributed by atoms with E-state index in [-0.39, 0.29) is 25.2 Å². The maximum absolute atomic E-state index is 13.4. The number of carboxylic acid groups (broad SMARTS) is 2. The van der Waals surface area contributed by atoms with Gasteiger partial charge in [0.2, 0.25) is 17.7 Å². The van der Waals surface area contributed by atoms with Crippen molar-refractivity contribution in [1.29, 1.82) is 0 Å². The average Bonchev–Trinajstić information content (AvgIpc) is 3.48. The average molecular weight is 606 g/mol. The van der Waals surface area contributed by atoms with Gasteiger partial charge in [-0.1, -0.05) is 0 Å². The van der Waals surface area contributed by atoms with E-state index in [4.69, 9.17) is 11.5 Å². The Morgan fingerprint density at radius 2 is 1.49 bits per heavy atom. The number of aliphatic carboxylic acids is 2. The van der Waals surface area contributed by atoms with Crippen molar-refractivity contribution in [3.63, 3.8) is 0 Å². The number of likely N-dealkylation sites (tertiary alicyclic amines) is 1. The van der Waals surface area contributed by atoms with E-state index in [0.29, 0.717) is 63.7 Å². The van der Waals surface area contributed by atoms with Gasteiger partial charge < -0.3 is 42.5 Å². The van der Waals surface area contributed by atoms with Gasteiger partial charge in [0.05, 0.1) is 5.56 Å². The molecule has 0 radical (unpaired) electrons. The van der Waals surface area contributed by atoms with E-state index in [0.717, 1.165) is 0 Å². The molecule has 15 nitrogen and oxygen atoms in total. The van der Waals surface area contributed by atoms with Gasteiger partial charge in [0.1, 0.15) is 24.2 Å². The molecule has 0 bridgehead atoms. The summed E-state index contributed by atoms with van der Waals surface area (Å²) < 4.78 is 0. The Balaban J connectivity index is 2.18. The van der Waals surface area contributed by atoms with Crippen molar-refractivity contribution in [2.24, 2.45) is 11.5 Å². The minimum absolute atomic E-state index is 0.102. The maximum atomic E-state index is 13.4. The van der Waals surface area contributed by atoms with Crippen molar-refractivity contribution in [3.8, 4) is 0 Å². The van der Waals surface area contributed by atoms with Gasteiger partial charge in [0.25, 0.3) is 5.91 Å². The van der Waals surface area contributed by atoms with Crippen LogP contribution in [0, 0.1) is 0 Å². The lowest BCUT2D eigenvalue weighted by Gasteiger charge is -2.27. The summed E-state index contributed by atoms with van der Waals surface area (Å²) >= 11 is 0. The predicted octanol–water partition coefficient (Wildman–Crippen LogP) is -0.652. The zero-order chi connectivity index (χ0) is 31.8. The number of hydrogen-bond donors (Lipinski definition) is 7. The molecule has 9 N–H and O–H groups in total. The fraction of sp³-hybridized carbons (Fsp3) is 0.607. The Labute approximate surface area is 250 Å². The molecule has 1 aromatic rings. The van der Waals surface area contributed by atoms with E-state index < -0.39 is 60.2 Å². The number of rotatable bonds is 19. The number of nitrogens with zero attached hydrogens (tertiary/aromatic N) is 2. The number of carbonyl (C=O) groups excluding carboxylic acids is 4. The number of pyridine rings is 1. The Hall–Kier alpha value is -4.11. The Kier molecular flexibility index (Phi) is 15.0. The summed E-state index contributed by atoms with van der Waals surface area (Å²) in [6.45, 7) is 1.05. The Bertz CT molecular complexity index is 1100. The molecule has 1 fully saturated rings. The first-order valence-corrected chi connectivity index (χ1v) is 14.6. The molecule has 1 saturated heterocycles. The van der Waals surface area contributed by atoms with E-state index in [1.807, 2.05) is 0 Å². The summed E-state index contributed by atoms with van der Waals surface area (Å²) in [5.74, 6) is -4.99. The zero-order valence-electron chi connectivity index (χ0n) is 24.2. The first kappa shape index (κ1) is 35.1. The second kappa shape index (κ2) is 18.4. The summed E-state index contributed by atoms with van der Waals surface area (Å²) in [4.78, 5) is 81.2. The number of unbranched alkanes of at least 4 members (excludes halogenated alkanes) is 2. The fourth-order valence-corrected chi connectivity index (χ4v) is 4.80. The molecule has 4 atom stereocenters. The molecule has 238 valence electrons. The summed E-state index contributed by atoms with van der Waals surface area (Å²) in [6, 6.07) is -1.35. The Morgan fingerprint density at radius 1 is 0.884 bits per heavy atom. The lowest BCUT2D eigenvalue weighted by Crippen LogP contribution is -2.57. The quantitative estimate of drug-likeness (QED) is 0.0976. The monoisotopic (exact) mass is 605 g/mol. The zero-order valence-corrected chi connectivity index (χ0v) is 24.2. The second-order valence-corrected chi connectivity index (χ2v) is 10.4. The maximum Gasteiger partial charge on any atom is 0.326 e. The van der Waals surface area contributed by atoms with Crippen LogP contribution >= 0.6 is 0 Å². The molecule has 4 unspecified atom stereocenters. The fourth-order valence-electron chi connectivity index (χ4n) is 4.80. The van der Waals surface area contributed by atoms with Crippen molar-refractivity contribution in [2.75, 3.05) is 19.6 Å². The third-order valence-electron chi connectivity index (χ3n) is 7.15. The molecule has 0 spiro atoms. The van der Waals surface area contributed by atoms with Gasteiger partial charge >= 0.3 is 11.9 Å². The number of amides is 4. The van der Waals surface area contributed by atoms with Gasteiger partial charge in [-0.25, -0.2) is 4.79 Å². The molecule has 1 aromatic heterocycles. The lowest BCUT2D eigenvalue weighted by atomic mass is 10.0. The van der Waals surface area contributed by atoms with E-state index in [1.165, 1.54) is 17.3 Å². The van der Waals surface area contributed by atoms with Gasteiger partial charge in [-0.2, -0.15) is 0 Å². The first-order valence-electron chi connectivity index (χ1n) is 14.6. The highest BCUT2D eigenvalue weighted by Gasteiger charge is 2.37. The molecule has 0 saturated carbocycles. The van der Waals surface area contributed by atoms with Gasteiger partial charge in [0.15, 0.2) is 0 Å². The molecule has 43 heavy (non-hydrogen) atoms. The van der Waals surface area contributed by atoms with E-state index in [1.54, 1.807) is 12.1 Å². The van der Waals surface area contributed by atoms with Crippen LogP contribution in [-0.4, -0.2) is 99.5 Å². The smallest absolute Gasteiger partial charge is 0.326 e. The summed E-state index contributed by atoms with van der Waals surface area (Å²) in [6.07, 6.45) is 5.42. The van der Waals surface area contributed by atoms with E-state index in [2.05, 4.69) is 20.9 Å². The number of aromatic nitrogens is 1. The topological polar surface area (TPSA) is 247 Å². The van der Waals surface area contributed by atoms with Crippen LogP contribution in [0.4, 0.5) is 0 Å². The summed E-state index contributed by atoms with van der Waals surface area (Å²) in [5, 5.41) is 26.3. The number of nitrogens with two attached hydrogens (primary N) is 2. The molecule has 15 heteroatoms. The van der Waals surface area contributed by atoms with Crippen LogP contribution in [0.5, 0.6) is 0 Å². The van der Waals surface area contributed by atoms with Crippen LogP contribution < -0.4 is 27.4 Å². The van der Waals surface area contributed by atoms with Gasteiger partial charge in [-0.3, -0.25) is 29.0 Å². The SMILES string of the molecule is NCCCCC(NC(=O)C(CCC(=O)O)NC(=O)C(CCCCN)NC(=O)C1CCCN1C(=O)c1cccnc1)C(=O)O. The molecule has 4 amide bonds. The molecule has 0 aromatic carbocycles. The van der Waals surface area contributed by atoms with Crippen LogP contribution in [0.25, 0.3) is 0 Å². The van der Waals surface area contributed by atoms with Gasteiger partial charge in [-0.05, 0) is 83.0 Å². The molecular weight excluding hydrogens is 562 g/mol. The summed E-state index contributed by atoms with van der Waals surface area (Å²) in [5.41, 5.74) is 11.4. The standard InChI is InChI=1S/C28H43N7O8/c29-13-3-1-8-19(33-26(40)22-10-6-16-35(22)27(41)18-7-5-15-31-17-18)24(38)32-20(11-12-23(36)37)25(39)34-21(28(42)43)9-2-4-14-30/h5,7,15,17,19-22H,1-4,6,8-14,16,29-30H2,(H,32,38)(H,33,40)(H,34,39)(H,36,37)(H,42,43). The number of nitrogens with one attached hydrogen (secondary N) is 3. The van der Waals surface area contributed by atoms with Crippen LogP contribution in [-0.2, 0) is 24.0 Å². The van der Waals surface area contributed by atoms with Crippen molar-refractivity contribution in [2.45, 2.75) is 88.4 Å². The molecular formula is C28H43N7O8. The van der Waals surface area contributed by atoms with Crippen molar-refractivity contribution >= 4 is 35.6 Å². The molecule has 2 heterocycles. The highest BCUT2D eigenvalue weighted by Crippen LogP contribution is 2.21. The van der Waals surface area contributed by atoms with E-state index >= 15 is 0 Å². The van der Waals surface area contributed by atoms with Crippen molar-refractivity contribution < 1.29 is 39.0 Å². The molecule has 1 aliphatic heterocycles. The highest BCUT2D eigenvalue weighted by atomic mass is 16.4. The third kappa shape index (κ3) is 11.6. The lowest BCUT2D eigenvalue weighted by molar-refractivity contribution is -0.143. The minimum atomic E-state index is -1.37. The van der Waals surface area contributed by atoms with Crippen molar-refractivity contribution in [3.05, 3.63) is 30.1 Å².